The van der Waals surface area contributed by atoms with Crippen LogP contribution in [0, 0.1) is 19.3 Å². The number of likely N-dealkylation sites (N-methyl/N-ethyl adjacent to an activating group) is 1. The van der Waals surface area contributed by atoms with Crippen LogP contribution >= 0.6 is 0 Å². The van der Waals surface area contributed by atoms with Gasteiger partial charge in [-0.15, -0.1) is 0 Å². The van der Waals surface area contributed by atoms with Gasteiger partial charge in [0.1, 0.15) is 12.4 Å². The molecule has 1 aliphatic carbocycles. The Morgan fingerprint density at radius 2 is 1.90 bits per heavy atom. The van der Waals surface area contributed by atoms with Crippen LogP contribution < -0.4 is 10.5 Å². The first-order valence-corrected chi connectivity index (χ1v) is 7.13. The molecule has 0 bridgehead atoms. The number of nitrogens with zero attached hydrogens (tertiary/aromatic N) is 1. The van der Waals surface area contributed by atoms with Gasteiger partial charge in [-0.3, -0.25) is 4.79 Å². The summed E-state index contributed by atoms with van der Waals surface area (Å²) in [5.41, 5.74) is 7.78. The highest BCUT2D eigenvalue weighted by atomic mass is 16.5. The number of nitrogens with two attached hydrogens (primary N) is 1. The molecule has 0 aromatic heterocycles. The number of hydrogen-bond acceptors (Lipinski definition) is 3. The fourth-order valence-corrected chi connectivity index (χ4v) is 2.48. The second kappa shape index (κ2) is 5.83. The molecule has 1 saturated carbocycles. The number of aryl methyl sites for hydroxylation is 2. The minimum Gasteiger partial charge on any atom is -0.492 e. The van der Waals surface area contributed by atoms with Crippen LogP contribution in [0.15, 0.2) is 18.2 Å². The fraction of sp³-hybridized carbons (Fsp3) is 0.562. The van der Waals surface area contributed by atoms with Crippen LogP contribution in [0.2, 0.25) is 0 Å². The normalized spacial score (nSPS) is 15.8. The number of carbonyl (C=O) groups excluding carboxylic acids is 1. The molecule has 4 nitrogen and oxygen atoms in total. The first kappa shape index (κ1) is 14.9. The quantitative estimate of drug-likeness (QED) is 0.863. The van der Waals surface area contributed by atoms with Gasteiger partial charge in [0, 0.05) is 13.6 Å². The largest absolute Gasteiger partial charge is 0.492 e. The van der Waals surface area contributed by atoms with Crippen molar-refractivity contribution in [2.45, 2.75) is 26.7 Å². The smallest absolute Gasteiger partial charge is 0.229 e. The summed E-state index contributed by atoms with van der Waals surface area (Å²) in [6, 6.07) is 6.13. The standard InChI is InChI=1S/C16H24N2O2/c1-12-8-13(2)10-14(9-12)20-7-6-18(3)15(19)16(11-17)4-5-16/h8-10H,4-7,11,17H2,1-3H3. The van der Waals surface area contributed by atoms with Crippen LogP contribution in [0.25, 0.3) is 0 Å². The van der Waals surface area contributed by atoms with E-state index in [-0.39, 0.29) is 11.3 Å². The number of benzene rings is 1. The minimum absolute atomic E-state index is 0.157. The second-order valence-corrected chi connectivity index (χ2v) is 5.88. The Balaban J connectivity index is 1.82. The van der Waals surface area contributed by atoms with Crippen molar-refractivity contribution in [1.29, 1.82) is 0 Å². The van der Waals surface area contributed by atoms with Crippen molar-refractivity contribution in [2.24, 2.45) is 11.1 Å². The van der Waals surface area contributed by atoms with Gasteiger partial charge in [0.05, 0.1) is 12.0 Å². The first-order valence-electron chi connectivity index (χ1n) is 7.13. The summed E-state index contributed by atoms with van der Waals surface area (Å²) < 4.78 is 5.73. The van der Waals surface area contributed by atoms with Crippen molar-refractivity contribution in [3.05, 3.63) is 29.3 Å². The summed E-state index contributed by atoms with van der Waals surface area (Å²) in [4.78, 5) is 13.9. The van der Waals surface area contributed by atoms with E-state index in [1.54, 1.807) is 4.90 Å². The van der Waals surface area contributed by atoms with E-state index in [4.69, 9.17) is 10.5 Å². The Morgan fingerprint density at radius 1 is 1.30 bits per heavy atom. The van der Waals surface area contributed by atoms with E-state index in [0.29, 0.717) is 19.7 Å². The van der Waals surface area contributed by atoms with Crippen LogP contribution in [-0.4, -0.2) is 37.6 Å². The maximum atomic E-state index is 12.2. The van der Waals surface area contributed by atoms with Crippen LogP contribution in [0.1, 0.15) is 24.0 Å². The predicted octanol–water partition coefficient (Wildman–Crippen LogP) is 1.88. The third-order valence-electron chi connectivity index (χ3n) is 3.94. The summed E-state index contributed by atoms with van der Waals surface area (Å²) in [5, 5.41) is 0. The topological polar surface area (TPSA) is 55.6 Å². The lowest BCUT2D eigenvalue weighted by molar-refractivity contribution is -0.135. The summed E-state index contributed by atoms with van der Waals surface area (Å²) in [6.07, 6.45) is 1.84. The first-order chi connectivity index (χ1) is 9.47. The van der Waals surface area contributed by atoms with Crippen molar-refractivity contribution in [2.75, 3.05) is 26.7 Å². The summed E-state index contributed by atoms with van der Waals surface area (Å²) in [6.45, 7) is 5.65. The molecule has 4 heteroatoms. The molecule has 0 radical (unpaired) electrons. The Bertz CT molecular complexity index is 475. The Kier molecular flexibility index (Phi) is 4.33. The van der Waals surface area contributed by atoms with Gasteiger partial charge < -0.3 is 15.4 Å². The maximum absolute atomic E-state index is 12.2. The average molecular weight is 276 g/mol. The average Bonchev–Trinajstić information content (AvgIpc) is 3.17. The van der Waals surface area contributed by atoms with Crippen molar-refractivity contribution >= 4 is 5.91 Å². The van der Waals surface area contributed by atoms with Gasteiger partial charge in [0.2, 0.25) is 5.91 Å². The second-order valence-electron chi connectivity index (χ2n) is 5.88. The van der Waals surface area contributed by atoms with Crippen LogP contribution in [0.4, 0.5) is 0 Å². The van der Waals surface area contributed by atoms with Gasteiger partial charge in [-0.1, -0.05) is 6.07 Å². The van der Waals surface area contributed by atoms with Gasteiger partial charge in [-0.25, -0.2) is 0 Å². The fourth-order valence-electron chi connectivity index (χ4n) is 2.48. The van der Waals surface area contributed by atoms with E-state index in [1.165, 1.54) is 11.1 Å². The molecule has 1 fully saturated rings. The summed E-state index contributed by atoms with van der Waals surface area (Å²) >= 11 is 0. The highest BCUT2D eigenvalue weighted by molar-refractivity contribution is 5.85. The monoisotopic (exact) mass is 276 g/mol. The molecular formula is C16H24N2O2. The summed E-state index contributed by atoms with van der Waals surface area (Å²) in [7, 11) is 1.82. The highest BCUT2D eigenvalue weighted by Crippen LogP contribution is 2.45. The lowest BCUT2D eigenvalue weighted by atomic mass is 10.1. The molecule has 0 saturated heterocycles. The molecule has 2 rings (SSSR count). The number of ether oxygens (including phenoxy) is 1. The molecule has 20 heavy (non-hydrogen) atoms. The lowest BCUT2D eigenvalue weighted by Crippen LogP contribution is -2.40. The van der Waals surface area contributed by atoms with E-state index in [1.807, 2.05) is 33.0 Å². The van der Waals surface area contributed by atoms with Gasteiger partial charge in [0.25, 0.3) is 0 Å². The van der Waals surface area contributed by atoms with E-state index < -0.39 is 0 Å². The highest BCUT2D eigenvalue weighted by Gasteiger charge is 2.49. The zero-order chi connectivity index (χ0) is 14.8. The van der Waals surface area contributed by atoms with Gasteiger partial charge >= 0.3 is 0 Å². The molecule has 1 amide bonds. The molecule has 0 heterocycles. The lowest BCUT2D eigenvalue weighted by Gasteiger charge is -2.22. The molecule has 1 aromatic carbocycles. The minimum atomic E-state index is -0.269. The molecular weight excluding hydrogens is 252 g/mol. The third kappa shape index (κ3) is 3.31. The van der Waals surface area contributed by atoms with E-state index in [0.717, 1.165) is 18.6 Å². The Labute approximate surface area is 120 Å². The van der Waals surface area contributed by atoms with E-state index >= 15 is 0 Å². The SMILES string of the molecule is Cc1cc(C)cc(OCCN(C)C(=O)C2(CN)CC2)c1. The zero-order valence-electron chi connectivity index (χ0n) is 12.6. The van der Waals surface area contributed by atoms with Gasteiger partial charge in [0.15, 0.2) is 0 Å². The van der Waals surface area contributed by atoms with E-state index in [2.05, 4.69) is 6.07 Å². The van der Waals surface area contributed by atoms with Crippen molar-refractivity contribution < 1.29 is 9.53 Å². The third-order valence-corrected chi connectivity index (χ3v) is 3.94. The molecule has 1 aromatic rings. The molecule has 0 aliphatic heterocycles. The number of rotatable bonds is 6. The number of carbonyl (C=O) groups is 1. The van der Waals surface area contributed by atoms with E-state index in [9.17, 15) is 4.79 Å². The van der Waals surface area contributed by atoms with Gasteiger partial charge in [-0.2, -0.15) is 0 Å². The van der Waals surface area contributed by atoms with Crippen LogP contribution in [-0.2, 0) is 4.79 Å². The molecule has 2 N–H and O–H groups in total. The predicted molar refractivity (Wildman–Crippen MR) is 79.8 cm³/mol. The maximum Gasteiger partial charge on any atom is 0.229 e. The molecule has 0 spiro atoms. The van der Waals surface area contributed by atoms with Crippen molar-refractivity contribution in [3.8, 4) is 5.75 Å². The van der Waals surface area contributed by atoms with Crippen LogP contribution in [0.5, 0.6) is 5.75 Å². The Hall–Kier alpha value is -1.55. The summed E-state index contributed by atoms with van der Waals surface area (Å²) in [5.74, 6) is 1.02. The molecule has 110 valence electrons. The van der Waals surface area contributed by atoms with Crippen molar-refractivity contribution in [3.63, 3.8) is 0 Å². The van der Waals surface area contributed by atoms with Crippen molar-refractivity contribution in [1.82, 2.24) is 4.90 Å². The number of hydrogen-bond donors (Lipinski definition) is 1. The molecule has 0 unspecified atom stereocenters. The Morgan fingerprint density at radius 3 is 2.40 bits per heavy atom. The molecule has 0 atom stereocenters. The molecule has 1 aliphatic rings. The van der Waals surface area contributed by atoms with Gasteiger partial charge in [-0.05, 0) is 49.9 Å². The zero-order valence-corrected chi connectivity index (χ0v) is 12.6. The number of amides is 1. The van der Waals surface area contributed by atoms with Crippen LogP contribution in [0.3, 0.4) is 0 Å².